The van der Waals surface area contributed by atoms with Crippen LogP contribution in [0, 0.1) is 13.8 Å². The lowest BCUT2D eigenvalue weighted by molar-refractivity contribution is 0.0361. The van der Waals surface area contributed by atoms with Crippen molar-refractivity contribution in [3.05, 3.63) is 70.4 Å². The zero-order valence-corrected chi connectivity index (χ0v) is 25.0. The molecule has 3 fully saturated rings. The van der Waals surface area contributed by atoms with Gasteiger partial charge < -0.3 is 24.4 Å². The number of hydrogen-bond acceptors (Lipinski definition) is 4. The van der Waals surface area contributed by atoms with Gasteiger partial charge in [0, 0.05) is 62.3 Å². The molecule has 1 aromatic heterocycles. The lowest BCUT2D eigenvalue weighted by Crippen LogP contribution is -2.55. The summed E-state index contributed by atoms with van der Waals surface area (Å²) in [6.07, 6.45) is 2.27. The minimum absolute atomic E-state index is 0. The number of nitrogens with one attached hydrogen (secondary N) is 1. The molecule has 0 spiro atoms. The van der Waals surface area contributed by atoms with Crippen LogP contribution in [0.2, 0.25) is 0 Å². The summed E-state index contributed by atoms with van der Waals surface area (Å²) in [5, 5.41) is 1.13. The Morgan fingerprint density at radius 2 is 1.49 bits per heavy atom. The molecule has 6 rings (SSSR count). The second-order valence-electron chi connectivity index (χ2n) is 11.5. The van der Waals surface area contributed by atoms with E-state index in [1.807, 2.05) is 20.8 Å². The first kappa shape index (κ1) is 29.4. The zero-order valence-electron chi connectivity index (χ0n) is 24.2. The van der Waals surface area contributed by atoms with Crippen molar-refractivity contribution in [2.45, 2.75) is 39.2 Å². The number of benzene rings is 2. The SMILES string of the molecule is Cc1cccc(C2CCN(Cc3c(C(=O)N4CCN(C(=O)N5CCOCC5)CC4)[nH]c4ccccc34)CC2)c1C.Cl. The summed E-state index contributed by atoms with van der Waals surface area (Å²) in [7, 11) is 0. The third-order valence-corrected chi connectivity index (χ3v) is 9.20. The van der Waals surface area contributed by atoms with Gasteiger partial charge >= 0.3 is 6.03 Å². The summed E-state index contributed by atoms with van der Waals surface area (Å²) in [6.45, 7) is 11.9. The molecule has 9 heteroatoms. The third-order valence-electron chi connectivity index (χ3n) is 9.20. The number of H-pyrrole nitrogens is 1. The minimum atomic E-state index is 0. The monoisotopic (exact) mass is 579 g/mol. The quantitative estimate of drug-likeness (QED) is 0.482. The number of para-hydroxylation sites is 1. The Hall–Kier alpha value is -3.07. The number of amides is 3. The van der Waals surface area contributed by atoms with Crippen LogP contribution in [0.15, 0.2) is 42.5 Å². The van der Waals surface area contributed by atoms with E-state index in [-0.39, 0.29) is 24.3 Å². The number of nitrogens with zero attached hydrogens (tertiary/aromatic N) is 4. The fourth-order valence-corrected chi connectivity index (χ4v) is 6.60. The van der Waals surface area contributed by atoms with E-state index >= 15 is 0 Å². The van der Waals surface area contributed by atoms with Crippen LogP contribution in [0.5, 0.6) is 0 Å². The number of rotatable bonds is 4. The Morgan fingerprint density at radius 3 is 2.22 bits per heavy atom. The molecule has 2 aromatic carbocycles. The van der Waals surface area contributed by atoms with Crippen LogP contribution < -0.4 is 0 Å². The normalized spacial score (nSPS) is 18.9. The highest BCUT2D eigenvalue weighted by Gasteiger charge is 2.31. The highest BCUT2D eigenvalue weighted by molar-refractivity contribution is 6.01. The molecule has 0 atom stereocenters. The third kappa shape index (κ3) is 6.10. The first-order valence-electron chi connectivity index (χ1n) is 14.8. The summed E-state index contributed by atoms with van der Waals surface area (Å²) in [6, 6.07) is 15.0. The Labute approximate surface area is 249 Å². The van der Waals surface area contributed by atoms with E-state index in [0.717, 1.165) is 48.9 Å². The lowest BCUT2D eigenvalue weighted by Gasteiger charge is -2.38. The van der Waals surface area contributed by atoms with E-state index in [0.29, 0.717) is 64.1 Å². The molecule has 4 heterocycles. The van der Waals surface area contributed by atoms with Crippen LogP contribution in [-0.2, 0) is 11.3 Å². The average Bonchev–Trinajstić information content (AvgIpc) is 3.37. The summed E-state index contributed by atoms with van der Waals surface area (Å²) >= 11 is 0. The van der Waals surface area contributed by atoms with Crippen LogP contribution in [0.4, 0.5) is 4.79 Å². The number of hydrogen-bond donors (Lipinski definition) is 1. The summed E-state index contributed by atoms with van der Waals surface area (Å²) in [5.41, 5.74) is 7.09. The Morgan fingerprint density at radius 1 is 0.829 bits per heavy atom. The van der Waals surface area contributed by atoms with E-state index in [1.54, 1.807) is 0 Å². The molecule has 0 unspecified atom stereocenters. The molecule has 3 aliphatic heterocycles. The van der Waals surface area contributed by atoms with Crippen LogP contribution in [0.1, 0.15) is 51.5 Å². The number of morpholine rings is 1. The number of ether oxygens (including phenoxy) is 1. The first-order chi connectivity index (χ1) is 19.5. The summed E-state index contributed by atoms with van der Waals surface area (Å²) < 4.78 is 5.39. The smallest absolute Gasteiger partial charge is 0.320 e. The average molecular weight is 580 g/mol. The molecule has 3 aromatic rings. The van der Waals surface area contributed by atoms with Crippen molar-refractivity contribution in [3.63, 3.8) is 0 Å². The predicted octanol–water partition coefficient (Wildman–Crippen LogP) is 4.80. The molecule has 3 aliphatic rings. The zero-order chi connectivity index (χ0) is 27.6. The second kappa shape index (κ2) is 12.8. The Kier molecular flexibility index (Phi) is 9.22. The summed E-state index contributed by atoms with van der Waals surface area (Å²) in [4.78, 5) is 38.4. The molecule has 0 saturated carbocycles. The number of carbonyl (C=O) groups excluding carboxylic acids is 2. The molecule has 3 amide bonds. The second-order valence-corrected chi connectivity index (χ2v) is 11.5. The fourth-order valence-electron chi connectivity index (χ4n) is 6.60. The molecule has 1 N–H and O–H groups in total. The van der Waals surface area contributed by atoms with Gasteiger partial charge in [-0.2, -0.15) is 0 Å². The van der Waals surface area contributed by atoms with Crippen molar-refractivity contribution < 1.29 is 14.3 Å². The van der Waals surface area contributed by atoms with Crippen LogP contribution >= 0.6 is 12.4 Å². The number of urea groups is 1. The van der Waals surface area contributed by atoms with Gasteiger partial charge in [0.2, 0.25) is 0 Å². The number of fused-ring (bicyclic) bond motifs is 1. The van der Waals surface area contributed by atoms with E-state index in [4.69, 9.17) is 4.74 Å². The van der Waals surface area contributed by atoms with Crippen molar-refractivity contribution in [3.8, 4) is 0 Å². The fraction of sp³-hybridized carbons (Fsp3) is 0.500. The number of halogens is 1. The molecule has 220 valence electrons. The van der Waals surface area contributed by atoms with E-state index in [2.05, 4.69) is 60.1 Å². The number of aromatic amines is 1. The maximum absolute atomic E-state index is 13.9. The van der Waals surface area contributed by atoms with Crippen molar-refractivity contribution >= 4 is 35.2 Å². The number of aryl methyl sites for hydroxylation is 1. The van der Waals surface area contributed by atoms with Gasteiger partial charge in [0.05, 0.1) is 13.2 Å². The maximum Gasteiger partial charge on any atom is 0.320 e. The standard InChI is InChI=1S/C32H41N5O3.ClH/c1-23-6-5-8-26(24(23)2)25-10-12-34(13-11-25)22-28-27-7-3-4-9-29(27)33-30(28)31(38)35-14-16-36(17-15-35)32(39)37-18-20-40-21-19-37;/h3-9,25,33H,10-22H2,1-2H3;1H. The molecule has 41 heavy (non-hydrogen) atoms. The van der Waals surface area contributed by atoms with Crippen LogP contribution in [-0.4, -0.2) is 102 Å². The highest BCUT2D eigenvalue weighted by atomic mass is 35.5. The van der Waals surface area contributed by atoms with Gasteiger partial charge in [0.1, 0.15) is 5.69 Å². The van der Waals surface area contributed by atoms with Crippen molar-refractivity contribution in [1.82, 2.24) is 24.6 Å². The van der Waals surface area contributed by atoms with Gasteiger partial charge in [-0.3, -0.25) is 9.69 Å². The largest absolute Gasteiger partial charge is 0.378 e. The number of likely N-dealkylation sites (tertiary alicyclic amines) is 1. The molecule has 0 bridgehead atoms. The van der Waals surface area contributed by atoms with Gasteiger partial charge in [0.15, 0.2) is 0 Å². The molecular formula is C32H42ClN5O3. The number of aromatic nitrogens is 1. The van der Waals surface area contributed by atoms with Gasteiger partial charge in [-0.1, -0.05) is 36.4 Å². The first-order valence-corrected chi connectivity index (χ1v) is 14.8. The highest BCUT2D eigenvalue weighted by Crippen LogP contribution is 2.33. The number of carbonyl (C=O) groups is 2. The molecule has 0 aliphatic carbocycles. The number of piperazine rings is 1. The van der Waals surface area contributed by atoms with Crippen LogP contribution in [0.3, 0.4) is 0 Å². The Balaban J connectivity index is 0.00000337. The predicted molar refractivity (Wildman–Crippen MR) is 164 cm³/mol. The number of piperidine rings is 1. The summed E-state index contributed by atoms with van der Waals surface area (Å²) in [5.74, 6) is 0.631. The van der Waals surface area contributed by atoms with Gasteiger partial charge in [-0.15, -0.1) is 12.4 Å². The topological polar surface area (TPSA) is 72.1 Å². The molecular weight excluding hydrogens is 538 g/mol. The van der Waals surface area contributed by atoms with Crippen molar-refractivity contribution in [1.29, 1.82) is 0 Å². The van der Waals surface area contributed by atoms with E-state index in [9.17, 15) is 9.59 Å². The molecule has 3 saturated heterocycles. The van der Waals surface area contributed by atoms with Crippen molar-refractivity contribution in [2.24, 2.45) is 0 Å². The van der Waals surface area contributed by atoms with E-state index < -0.39 is 0 Å². The van der Waals surface area contributed by atoms with Crippen molar-refractivity contribution in [2.75, 3.05) is 65.6 Å². The van der Waals surface area contributed by atoms with Gasteiger partial charge in [0.25, 0.3) is 5.91 Å². The van der Waals surface area contributed by atoms with Crippen LogP contribution in [0.25, 0.3) is 10.9 Å². The maximum atomic E-state index is 13.9. The molecule has 8 nitrogen and oxygen atoms in total. The van der Waals surface area contributed by atoms with E-state index in [1.165, 1.54) is 16.7 Å². The molecule has 0 radical (unpaired) electrons. The van der Waals surface area contributed by atoms with Gasteiger partial charge in [-0.25, -0.2) is 4.79 Å². The minimum Gasteiger partial charge on any atom is -0.378 e. The Bertz CT molecular complexity index is 1370. The lowest BCUT2D eigenvalue weighted by atomic mass is 9.85. The van der Waals surface area contributed by atoms with Gasteiger partial charge in [-0.05, 0) is 68.5 Å².